The topological polar surface area (TPSA) is 34.2 Å². The summed E-state index contributed by atoms with van der Waals surface area (Å²) >= 11 is 0. The summed E-state index contributed by atoms with van der Waals surface area (Å²) in [5.41, 5.74) is -2.20. The molecule has 3 atom stereocenters. The van der Waals surface area contributed by atoms with Crippen LogP contribution in [0.2, 0.25) is 0 Å². The highest BCUT2D eigenvalue weighted by atomic mass is 19.4. The normalized spacial score (nSPS) is 19.5. The quantitative estimate of drug-likeness (QED) is 0.288. The van der Waals surface area contributed by atoms with Crippen LogP contribution in [0, 0.1) is 11.8 Å². The summed E-state index contributed by atoms with van der Waals surface area (Å²) in [6.45, 7) is 4.42. The van der Waals surface area contributed by atoms with Crippen LogP contribution in [-0.4, -0.2) is 69.6 Å². The Morgan fingerprint density at radius 1 is 1.03 bits per heavy atom. The number of rotatable bonds is 9. The van der Waals surface area contributed by atoms with Gasteiger partial charge in [0.25, 0.3) is 0 Å². The number of benzene rings is 2. The van der Waals surface area contributed by atoms with Gasteiger partial charge in [-0.05, 0) is 43.3 Å². The maximum Gasteiger partial charge on any atom is 0.416 e. The van der Waals surface area contributed by atoms with E-state index in [4.69, 9.17) is 14.2 Å². The monoisotopic (exact) mass is 558 g/mol. The van der Waals surface area contributed by atoms with E-state index in [1.807, 2.05) is 47.2 Å². The standard InChI is InChI=1S/C28H32F6N2O3/c1-20(22-17-23(27(29,30)31)19-24(18-22)28(32,33)34)39-26-25(21-9-5-4-6-10-21)36(14-16-38-26)12-8-7-11-35(2)13-15-37-3/h4-6,9-10,17-20,25-26H,11-16H2,1-3H3/t20-,25+,26-/m1/s1. The van der Waals surface area contributed by atoms with Gasteiger partial charge in [0, 0.05) is 20.2 Å². The van der Waals surface area contributed by atoms with E-state index >= 15 is 0 Å². The molecule has 1 saturated heterocycles. The number of morpholine rings is 1. The molecule has 0 N–H and O–H groups in total. The van der Waals surface area contributed by atoms with Gasteiger partial charge in [-0.1, -0.05) is 42.2 Å². The molecule has 0 saturated carbocycles. The maximum atomic E-state index is 13.4. The molecule has 214 valence electrons. The van der Waals surface area contributed by atoms with Crippen LogP contribution in [0.5, 0.6) is 0 Å². The molecule has 1 fully saturated rings. The fraction of sp³-hybridized carbons (Fsp3) is 0.500. The number of ether oxygens (including phenoxy) is 3. The third-order valence-electron chi connectivity index (χ3n) is 6.30. The minimum absolute atomic E-state index is 0.104. The number of hydrogen-bond donors (Lipinski definition) is 0. The van der Waals surface area contributed by atoms with Gasteiger partial charge in [0.2, 0.25) is 0 Å². The van der Waals surface area contributed by atoms with Gasteiger partial charge in [-0.25, -0.2) is 0 Å². The van der Waals surface area contributed by atoms with Crippen LogP contribution in [0.3, 0.4) is 0 Å². The van der Waals surface area contributed by atoms with Gasteiger partial charge in [0.05, 0.1) is 49.6 Å². The number of nitrogens with zero attached hydrogens (tertiary/aromatic N) is 2. The van der Waals surface area contributed by atoms with Crippen LogP contribution in [0.25, 0.3) is 0 Å². The molecule has 1 aliphatic rings. The van der Waals surface area contributed by atoms with Gasteiger partial charge in [-0.3, -0.25) is 9.80 Å². The lowest BCUT2D eigenvalue weighted by Crippen LogP contribution is -2.46. The Bertz CT molecular complexity index is 1080. The molecule has 0 amide bonds. The second kappa shape index (κ2) is 13.6. The van der Waals surface area contributed by atoms with E-state index in [2.05, 4.69) is 11.8 Å². The molecule has 39 heavy (non-hydrogen) atoms. The Kier molecular flexibility index (Phi) is 10.8. The van der Waals surface area contributed by atoms with Crippen LogP contribution >= 0.6 is 0 Å². The fourth-order valence-electron chi connectivity index (χ4n) is 4.17. The van der Waals surface area contributed by atoms with Crippen molar-refractivity contribution in [2.75, 3.05) is 53.6 Å². The number of likely N-dealkylation sites (N-methyl/N-ethyl adjacent to an activating group) is 1. The van der Waals surface area contributed by atoms with E-state index in [0.29, 0.717) is 38.4 Å². The van der Waals surface area contributed by atoms with Crippen molar-refractivity contribution >= 4 is 0 Å². The Balaban J connectivity index is 1.84. The van der Waals surface area contributed by atoms with E-state index in [0.717, 1.165) is 12.1 Å². The highest BCUT2D eigenvalue weighted by Crippen LogP contribution is 2.39. The minimum atomic E-state index is -4.95. The van der Waals surface area contributed by atoms with E-state index in [-0.39, 0.29) is 18.2 Å². The summed E-state index contributed by atoms with van der Waals surface area (Å²) < 4.78 is 97.3. The first-order chi connectivity index (χ1) is 18.4. The van der Waals surface area contributed by atoms with Crippen molar-refractivity contribution in [1.29, 1.82) is 0 Å². The predicted octanol–water partition coefficient (Wildman–Crippen LogP) is 5.78. The van der Waals surface area contributed by atoms with Gasteiger partial charge < -0.3 is 14.2 Å². The number of halogens is 6. The zero-order valence-electron chi connectivity index (χ0n) is 22.0. The molecule has 1 heterocycles. The van der Waals surface area contributed by atoms with E-state index in [1.54, 1.807) is 7.11 Å². The predicted molar refractivity (Wildman–Crippen MR) is 134 cm³/mol. The van der Waals surface area contributed by atoms with Crippen molar-refractivity contribution in [3.63, 3.8) is 0 Å². The molecule has 1 aliphatic heterocycles. The van der Waals surface area contributed by atoms with Gasteiger partial charge in [0.15, 0.2) is 6.29 Å². The summed E-state index contributed by atoms with van der Waals surface area (Å²) in [7, 11) is 3.56. The lowest BCUT2D eigenvalue weighted by Gasteiger charge is -2.41. The molecule has 0 spiro atoms. The first-order valence-electron chi connectivity index (χ1n) is 12.4. The molecule has 0 aliphatic carbocycles. The van der Waals surface area contributed by atoms with Crippen LogP contribution in [-0.2, 0) is 26.6 Å². The Hall–Kier alpha value is -2.62. The lowest BCUT2D eigenvalue weighted by atomic mass is 10.0. The second-order valence-electron chi connectivity index (χ2n) is 9.27. The summed E-state index contributed by atoms with van der Waals surface area (Å²) in [5, 5.41) is 0. The van der Waals surface area contributed by atoms with Crippen molar-refractivity contribution in [2.45, 2.75) is 37.7 Å². The average Bonchev–Trinajstić information content (AvgIpc) is 2.89. The molecule has 0 unspecified atom stereocenters. The molecule has 2 aromatic carbocycles. The van der Waals surface area contributed by atoms with Crippen molar-refractivity contribution in [3.8, 4) is 11.8 Å². The van der Waals surface area contributed by atoms with E-state index < -0.39 is 41.9 Å². The third kappa shape index (κ3) is 8.95. The van der Waals surface area contributed by atoms with Gasteiger partial charge in [-0.15, -0.1) is 0 Å². The van der Waals surface area contributed by atoms with Crippen molar-refractivity contribution < 1.29 is 40.6 Å². The highest BCUT2D eigenvalue weighted by Gasteiger charge is 2.39. The SMILES string of the molecule is COCCN(C)CC#CCN1CCO[C@H](O[C@H](C)c2cc(C(F)(F)F)cc(C(F)(F)F)c2)[C@@H]1c1ccccc1. The van der Waals surface area contributed by atoms with Crippen LogP contribution in [0.15, 0.2) is 48.5 Å². The molecule has 0 radical (unpaired) electrons. The van der Waals surface area contributed by atoms with Crippen molar-refractivity contribution in [3.05, 3.63) is 70.8 Å². The van der Waals surface area contributed by atoms with Crippen molar-refractivity contribution in [1.82, 2.24) is 9.80 Å². The molecule has 2 aromatic rings. The lowest BCUT2D eigenvalue weighted by molar-refractivity contribution is -0.228. The number of methoxy groups -OCH3 is 1. The number of hydrogen-bond acceptors (Lipinski definition) is 5. The average molecular weight is 559 g/mol. The highest BCUT2D eigenvalue weighted by molar-refractivity contribution is 5.34. The molecular weight excluding hydrogens is 526 g/mol. The fourth-order valence-corrected chi connectivity index (χ4v) is 4.17. The first kappa shape index (κ1) is 30.9. The van der Waals surface area contributed by atoms with Crippen LogP contribution < -0.4 is 0 Å². The molecule has 11 heteroatoms. The largest absolute Gasteiger partial charge is 0.416 e. The third-order valence-corrected chi connectivity index (χ3v) is 6.30. The van der Waals surface area contributed by atoms with Crippen LogP contribution in [0.4, 0.5) is 26.3 Å². The minimum Gasteiger partial charge on any atom is -0.383 e. The van der Waals surface area contributed by atoms with Crippen LogP contribution in [0.1, 0.15) is 41.3 Å². The van der Waals surface area contributed by atoms with Gasteiger partial charge in [0.1, 0.15) is 0 Å². The van der Waals surface area contributed by atoms with E-state index in [9.17, 15) is 26.3 Å². The smallest absolute Gasteiger partial charge is 0.383 e. The number of alkyl halides is 6. The van der Waals surface area contributed by atoms with Crippen molar-refractivity contribution in [2.24, 2.45) is 0 Å². The summed E-state index contributed by atoms with van der Waals surface area (Å²) in [6.07, 6.45) is -12.0. The zero-order valence-corrected chi connectivity index (χ0v) is 22.0. The molecule has 0 aromatic heterocycles. The van der Waals surface area contributed by atoms with Gasteiger partial charge >= 0.3 is 12.4 Å². The van der Waals surface area contributed by atoms with E-state index in [1.165, 1.54) is 6.92 Å². The first-order valence-corrected chi connectivity index (χ1v) is 12.4. The molecule has 5 nitrogen and oxygen atoms in total. The molecular formula is C28H32F6N2O3. The zero-order chi connectivity index (χ0) is 28.6. The molecule has 3 rings (SSSR count). The second-order valence-corrected chi connectivity index (χ2v) is 9.27. The summed E-state index contributed by atoms with van der Waals surface area (Å²) in [5.74, 6) is 6.27. The molecule has 0 bridgehead atoms. The summed E-state index contributed by atoms with van der Waals surface area (Å²) in [4.78, 5) is 4.05. The maximum absolute atomic E-state index is 13.4. The Morgan fingerprint density at radius 3 is 2.26 bits per heavy atom. The van der Waals surface area contributed by atoms with Gasteiger partial charge in [-0.2, -0.15) is 26.3 Å². The Labute approximate surface area is 224 Å². The summed E-state index contributed by atoms with van der Waals surface area (Å²) in [6, 6.07) is 10.2. The Morgan fingerprint density at radius 2 is 1.67 bits per heavy atom.